The molecule has 3 heterocycles. The first-order valence-corrected chi connectivity index (χ1v) is 9.17. The molecular formula is C18H31BN4O2. The van der Waals surface area contributed by atoms with E-state index in [2.05, 4.69) is 68.2 Å². The number of aromatic nitrogens is 2. The third-order valence-corrected chi connectivity index (χ3v) is 5.69. The van der Waals surface area contributed by atoms with Crippen molar-refractivity contribution in [2.45, 2.75) is 65.2 Å². The van der Waals surface area contributed by atoms with Crippen molar-refractivity contribution in [1.82, 2.24) is 14.9 Å². The van der Waals surface area contributed by atoms with Gasteiger partial charge in [0.25, 0.3) is 0 Å². The van der Waals surface area contributed by atoms with Crippen molar-refractivity contribution in [3.05, 3.63) is 12.4 Å². The zero-order chi connectivity index (χ0) is 18.5. The van der Waals surface area contributed by atoms with E-state index < -0.39 is 7.12 Å². The molecule has 0 aromatic carbocycles. The molecule has 0 atom stereocenters. The Morgan fingerprint density at radius 1 is 0.920 bits per heavy atom. The SMILES string of the molecule is CC(C)(C)N1CCN(c2ncc(B3OC(C)(C)C(C)(C)O3)cn2)CC1. The van der Waals surface area contributed by atoms with Gasteiger partial charge >= 0.3 is 7.12 Å². The molecule has 0 spiro atoms. The Labute approximate surface area is 152 Å². The van der Waals surface area contributed by atoms with Crippen LogP contribution >= 0.6 is 0 Å². The van der Waals surface area contributed by atoms with Crippen LogP contribution in [-0.4, -0.2) is 64.9 Å². The quantitative estimate of drug-likeness (QED) is 0.760. The van der Waals surface area contributed by atoms with Crippen LogP contribution in [0.4, 0.5) is 5.95 Å². The zero-order valence-corrected chi connectivity index (χ0v) is 16.7. The predicted molar refractivity (Wildman–Crippen MR) is 101 cm³/mol. The van der Waals surface area contributed by atoms with Gasteiger partial charge in [0.15, 0.2) is 0 Å². The Morgan fingerprint density at radius 3 is 1.84 bits per heavy atom. The van der Waals surface area contributed by atoms with Gasteiger partial charge in [-0.1, -0.05) is 0 Å². The number of hydrogen-bond donors (Lipinski definition) is 0. The minimum atomic E-state index is -0.406. The lowest BCUT2D eigenvalue weighted by atomic mass is 9.81. The van der Waals surface area contributed by atoms with Crippen molar-refractivity contribution in [3.63, 3.8) is 0 Å². The molecule has 138 valence electrons. The fourth-order valence-electron chi connectivity index (χ4n) is 3.17. The van der Waals surface area contributed by atoms with Gasteiger partial charge in [-0.05, 0) is 48.5 Å². The van der Waals surface area contributed by atoms with E-state index in [0.717, 1.165) is 37.6 Å². The maximum Gasteiger partial charge on any atom is 0.498 e. The summed E-state index contributed by atoms with van der Waals surface area (Å²) in [5.41, 5.74) is 0.392. The van der Waals surface area contributed by atoms with Crippen LogP contribution in [0.3, 0.4) is 0 Å². The highest BCUT2D eigenvalue weighted by Gasteiger charge is 2.52. The number of rotatable bonds is 2. The molecule has 6 nitrogen and oxygen atoms in total. The normalized spacial score (nSPS) is 24.0. The van der Waals surface area contributed by atoms with Gasteiger partial charge in [-0.2, -0.15) is 0 Å². The van der Waals surface area contributed by atoms with E-state index in [1.54, 1.807) is 0 Å². The second-order valence-corrected chi connectivity index (χ2v) is 9.05. The standard InChI is InChI=1S/C18H31BN4O2/c1-16(2,3)23-10-8-22(9-11-23)15-20-12-14(13-21-15)19-24-17(4,5)18(6,7)25-19/h12-13H,8-11H2,1-7H3. The lowest BCUT2D eigenvalue weighted by Gasteiger charge is -2.42. The predicted octanol–water partition coefficient (Wildman–Crippen LogP) is 1.70. The molecule has 0 amide bonds. The molecule has 0 N–H and O–H groups in total. The molecule has 1 aromatic rings. The average molecular weight is 346 g/mol. The van der Waals surface area contributed by atoms with E-state index in [9.17, 15) is 0 Å². The highest BCUT2D eigenvalue weighted by atomic mass is 16.7. The second kappa shape index (κ2) is 6.22. The molecule has 0 unspecified atom stereocenters. The van der Waals surface area contributed by atoms with Gasteiger partial charge < -0.3 is 14.2 Å². The van der Waals surface area contributed by atoms with Crippen LogP contribution < -0.4 is 10.4 Å². The smallest absolute Gasteiger partial charge is 0.399 e. The second-order valence-electron chi connectivity index (χ2n) is 9.05. The summed E-state index contributed by atoms with van der Waals surface area (Å²) in [6.45, 7) is 19.0. The fourth-order valence-corrected chi connectivity index (χ4v) is 3.17. The maximum absolute atomic E-state index is 6.06. The van der Waals surface area contributed by atoms with E-state index in [4.69, 9.17) is 9.31 Å². The highest BCUT2D eigenvalue weighted by Crippen LogP contribution is 2.36. The van der Waals surface area contributed by atoms with Crippen molar-refractivity contribution in [1.29, 1.82) is 0 Å². The van der Waals surface area contributed by atoms with Crippen LogP contribution in [0.2, 0.25) is 0 Å². The number of piperazine rings is 1. The third-order valence-electron chi connectivity index (χ3n) is 5.69. The maximum atomic E-state index is 6.06. The molecule has 0 radical (unpaired) electrons. The Kier molecular flexibility index (Phi) is 4.63. The van der Waals surface area contributed by atoms with E-state index in [1.807, 2.05) is 12.4 Å². The summed E-state index contributed by atoms with van der Waals surface area (Å²) < 4.78 is 12.1. The number of anilines is 1. The van der Waals surface area contributed by atoms with Crippen molar-refractivity contribution >= 4 is 18.5 Å². The van der Waals surface area contributed by atoms with Crippen LogP contribution in [0, 0.1) is 0 Å². The Morgan fingerprint density at radius 2 is 1.40 bits per heavy atom. The van der Waals surface area contributed by atoms with Crippen molar-refractivity contribution in [2.24, 2.45) is 0 Å². The summed E-state index contributed by atoms with van der Waals surface area (Å²) in [6, 6.07) is 0. The summed E-state index contributed by atoms with van der Waals surface area (Å²) in [4.78, 5) is 13.9. The molecule has 1 aromatic heterocycles. The van der Waals surface area contributed by atoms with Crippen LogP contribution in [0.15, 0.2) is 12.4 Å². The number of hydrogen-bond acceptors (Lipinski definition) is 6. The van der Waals surface area contributed by atoms with E-state index >= 15 is 0 Å². The van der Waals surface area contributed by atoms with Crippen molar-refractivity contribution < 1.29 is 9.31 Å². The van der Waals surface area contributed by atoms with Gasteiger partial charge in [0.2, 0.25) is 5.95 Å². The molecule has 2 aliphatic heterocycles. The molecule has 25 heavy (non-hydrogen) atoms. The van der Waals surface area contributed by atoms with E-state index in [0.29, 0.717) is 0 Å². The minimum Gasteiger partial charge on any atom is -0.399 e. The van der Waals surface area contributed by atoms with Crippen molar-refractivity contribution in [3.8, 4) is 0 Å². The Hall–Kier alpha value is -1.18. The summed E-state index contributed by atoms with van der Waals surface area (Å²) >= 11 is 0. The summed E-state index contributed by atoms with van der Waals surface area (Å²) in [7, 11) is -0.406. The van der Waals surface area contributed by atoms with Gasteiger partial charge in [-0.25, -0.2) is 9.97 Å². The highest BCUT2D eigenvalue weighted by molar-refractivity contribution is 6.61. The molecule has 0 saturated carbocycles. The van der Waals surface area contributed by atoms with E-state index in [-0.39, 0.29) is 16.7 Å². The number of nitrogens with zero attached hydrogens (tertiary/aromatic N) is 4. The largest absolute Gasteiger partial charge is 0.498 e. The first-order chi connectivity index (χ1) is 11.5. The van der Waals surface area contributed by atoms with Gasteiger partial charge in [0, 0.05) is 49.6 Å². The summed E-state index contributed by atoms with van der Waals surface area (Å²) in [5.74, 6) is 0.786. The molecule has 2 aliphatic rings. The van der Waals surface area contributed by atoms with E-state index in [1.165, 1.54) is 0 Å². The lowest BCUT2D eigenvalue weighted by Crippen LogP contribution is -2.53. The van der Waals surface area contributed by atoms with Crippen molar-refractivity contribution in [2.75, 3.05) is 31.1 Å². The topological polar surface area (TPSA) is 50.7 Å². The van der Waals surface area contributed by atoms with Gasteiger partial charge in [-0.3, -0.25) is 4.90 Å². The molecular weight excluding hydrogens is 315 g/mol. The molecule has 3 rings (SSSR count). The molecule has 0 aliphatic carbocycles. The molecule has 7 heteroatoms. The summed E-state index contributed by atoms with van der Waals surface area (Å²) in [5, 5.41) is 0. The van der Waals surface area contributed by atoms with Crippen LogP contribution in [0.5, 0.6) is 0 Å². The first-order valence-electron chi connectivity index (χ1n) is 9.17. The molecule has 2 fully saturated rings. The molecule has 0 bridgehead atoms. The minimum absolute atomic E-state index is 0.216. The lowest BCUT2D eigenvalue weighted by molar-refractivity contribution is 0.00578. The third kappa shape index (κ3) is 3.69. The van der Waals surface area contributed by atoms with Gasteiger partial charge in [-0.15, -0.1) is 0 Å². The van der Waals surface area contributed by atoms with Gasteiger partial charge in [0.05, 0.1) is 11.2 Å². The Bertz CT molecular complexity index is 588. The zero-order valence-electron chi connectivity index (χ0n) is 16.7. The van der Waals surface area contributed by atoms with Gasteiger partial charge in [0.1, 0.15) is 0 Å². The van der Waals surface area contributed by atoms with Crippen LogP contribution in [0.1, 0.15) is 48.5 Å². The van der Waals surface area contributed by atoms with Crippen LogP contribution in [-0.2, 0) is 9.31 Å². The monoisotopic (exact) mass is 346 g/mol. The fraction of sp³-hybridized carbons (Fsp3) is 0.778. The Balaban J connectivity index is 1.64. The first kappa shape index (κ1) is 18.6. The summed E-state index contributed by atoms with van der Waals surface area (Å²) in [6.07, 6.45) is 3.67. The average Bonchev–Trinajstić information content (AvgIpc) is 2.75. The van der Waals surface area contributed by atoms with Crippen LogP contribution in [0.25, 0.3) is 0 Å². The molecule has 2 saturated heterocycles.